The summed E-state index contributed by atoms with van der Waals surface area (Å²) < 4.78 is 97.7. The van der Waals surface area contributed by atoms with E-state index in [1.165, 1.54) is 0 Å². The van der Waals surface area contributed by atoms with E-state index in [1.54, 1.807) is 0 Å². The van der Waals surface area contributed by atoms with Crippen LogP contribution in [-0.2, 0) is 4.74 Å². The van der Waals surface area contributed by atoms with Crippen LogP contribution in [0.2, 0.25) is 0 Å². The highest BCUT2D eigenvalue weighted by atomic mass is 19.4. The van der Waals surface area contributed by atoms with Crippen molar-refractivity contribution in [2.45, 2.75) is 30.8 Å². The summed E-state index contributed by atoms with van der Waals surface area (Å²) in [4.78, 5) is 9.63. The lowest BCUT2D eigenvalue weighted by molar-refractivity contribution is -0.329. The minimum absolute atomic E-state index is 2.85. The zero-order valence-electron chi connectivity index (χ0n) is 7.53. The molecule has 0 aliphatic rings. The van der Waals surface area contributed by atoms with Crippen molar-refractivity contribution >= 4 is 6.16 Å². The van der Waals surface area contributed by atoms with Crippen LogP contribution in [0.3, 0.4) is 0 Å². The van der Waals surface area contributed by atoms with Gasteiger partial charge in [0.25, 0.3) is 6.16 Å². The van der Waals surface area contributed by atoms with Gasteiger partial charge < -0.3 is 14.6 Å². The largest absolute Gasteiger partial charge is 0.537 e. The molecule has 102 valence electrons. The fourth-order valence-electron chi connectivity index (χ4n) is 0.689. The maximum atomic E-state index is 12.2. The first-order chi connectivity index (χ1) is 7.27. The molecule has 0 N–H and O–H groups in total. The molecule has 0 fully saturated rings. The van der Waals surface area contributed by atoms with E-state index in [0.29, 0.717) is 0 Å². The first-order valence-electron chi connectivity index (χ1n) is 3.66. The topological polar surface area (TPSA) is 49.4 Å². The zero-order valence-corrected chi connectivity index (χ0v) is 7.53. The fourth-order valence-corrected chi connectivity index (χ4v) is 0.689. The van der Waals surface area contributed by atoms with Crippen molar-refractivity contribution in [3.05, 3.63) is 0 Å². The van der Waals surface area contributed by atoms with Crippen LogP contribution in [-0.4, -0.2) is 30.5 Å². The molecule has 3 nitrogen and oxygen atoms in total. The van der Waals surface area contributed by atoms with Crippen molar-refractivity contribution < 1.29 is 49.8 Å². The molecule has 0 radical (unpaired) electrons. The molecule has 1 unspecified atom stereocenters. The van der Waals surface area contributed by atoms with Gasteiger partial charge in [-0.15, -0.1) is 0 Å². The summed E-state index contributed by atoms with van der Waals surface area (Å²) in [5.74, 6) is -5.73. The number of hydrogen-bond acceptors (Lipinski definition) is 3. The standard InChI is InChI=1S/C6H4F8O3/c7-4(8,6(12,13)14)1-2(5(9,10)11)17-3(15)16/h2H,1H2,(H,15,16)/p-1. The van der Waals surface area contributed by atoms with E-state index in [9.17, 15) is 45.0 Å². The van der Waals surface area contributed by atoms with E-state index in [4.69, 9.17) is 0 Å². The van der Waals surface area contributed by atoms with Crippen LogP contribution in [0.25, 0.3) is 0 Å². The van der Waals surface area contributed by atoms with Crippen LogP contribution in [0.15, 0.2) is 0 Å². The van der Waals surface area contributed by atoms with Gasteiger partial charge in [-0.3, -0.25) is 0 Å². The predicted octanol–water partition coefficient (Wildman–Crippen LogP) is 1.86. The average molecular weight is 275 g/mol. The van der Waals surface area contributed by atoms with E-state index in [-0.39, 0.29) is 0 Å². The molecule has 0 heterocycles. The first-order valence-corrected chi connectivity index (χ1v) is 3.66. The van der Waals surface area contributed by atoms with Gasteiger partial charge in [0, 0.05) is 0 Å². The summed E-state index contributed by atoms with van der Waals surface area (Å²) in [7, 11) is 0. The maximum absolute atomic E-state index is 12.2. The predicted molar refractivity (Wildman–Crippen MR) is 31.9 cm³/mol. The van der Waals surface area contributed by atoms with Gasteiger partial charge in [0.2, 0.25) is 0 Å². The van der Waals surface area contributed by atoms with Gasteiger partial charge in [0.1, 0.15) is 6.10 Å². The van der Waals surface area contributed by atoms with Gasteiger partial charge in [0.15, 0.2) is 0 Å². The van der Waals surface area contributed by atoms with E-state index in [0.717, 1.165) is 0 Å². The molecular weight excluding hydrogens is 272 g/mol. The smallest absolute Gasteiger partial charge is 0.453 e. The third-order valence-electron chi connectivity index (χ3n) is 1.46. The number of carbonyl (C=O) groups is 1. The highest BCUT2D eigenvalue weighted by molar-refractivity contribution is 5.54. The second kappa shape index (κ2) is 4.53. The van der Waals surface area contributed by atoms with Crippen LogP contribution < -0.4 is 5.11 Å². The molecule has 0 aliphatic heterocycles. The van der Waals surface area contributed by atoms with E-state index < -0.39 is 37.0 Å². The Bertz CT molecular complexity index is 280. The van der Waals surface area contributed by atoms with Crippen LogP contribution in [0.1, 0.15) is 6.42 Å². The molecular formula is C6H3F8O3-. The number of ether oxygens (including phenoxy) is 1. The van der Waals surface area contributed by atoms with Crippen molar-refractivity contribution in [2.75, 3.05) is 0 Å². The number of halogens is 8. The summed E-state index contributed by atoms with van der Waals surface area (Å²) in [6, 6.07) is 0. The molecule has 0 bridgehead atoms. The molecule has 0 rings (SSSR count). The molecule has 0 spiro atoms. The molecule has 0 aromatic carbocycles. The third-order valence-corrected chi connectivity index (χ3v) is 1.46. The lowest BCUT2D eigenvalue weighted by Crippen LogP contribution is -2.46. The monoisotopic (exact) mass is 275 g/mol. The van der Waals surface area contributed by atoms with Crippen molar-refractivity contribution in [3.63, 3.8) is 0 Å². The summed E-state index contributed by atoms with van der Waals surface area (Å²) in [5, 5.41) is 9.63. The molecule has 1 atom stereocenters. The molecule has 0 aromatic rings. The van der Waals surface area contributed by atoms with Crippen LogP contribution in [0, 0.1) is 0 Å². The maximum Gasteiger partial charge on any atom is 0.453 e. The Morgan fingerprint density at radius 2 is 1.47 bits per heavy atom. The molecule has 0 aliphatic carbocycles. The summed E-state index contributed by atoms with van der Waals surface area (Å²) in [6.45, 7) is 0. The number of rotatable bonds is 3. The highest BCUT2D eigenvalue weighted by Crippen LogP contribution is 2.42. The highest BCUT2D eigenvalue weighted by Gasteiger charge is 2.60. The summed E-state index contributed by atoms with van der Waals surface area (Å²) in [6.07, 6.45) is -21.5. The Morgan fingerprint density at radius 1 is 1.06 bits per heavy atom. The minimum atomic E-state index is -6.24. The molecule has 0 aromatic heterocycles. The Balaban J connectivity index is 4.94. The van der Waals surface area contributed by atoms with Gasteiger partial charge in [-0.05, 0) is 0 Å². The third kappa shape index (κ3) is 4.61. The quantitative estimate of drug-likeness (QED) is 0.583. The van der Waals surface area contributed by atoms with Crippen molar-refractivity contribution in [1.82, 2.24) is 0 Å². The Labute approximate surface area is 88.0 Å². The molecule has 0 saturated heterocycles. The van der Waals surface area contributed by atoms with Crippen LogP contribution in [0.4, 0.5) is 39.9 Å². The van der Waals surface area contributed by atoms with E-state index in [2.05, 4.69) is 4.74 Å². The molecule has 0 saturated carbocycles. The van der Waals surface area contributed by atoms with Crippen molar-refractivity contribution in [3.8, 4) is 0 Å². The lowest BCUT2D eigenvalue weighted by Gasteiger charge is -2.29. The molecule has 0 amide bonds. The molecule has 17 heavy (non-hydrogen) atoms. The zero-order chi connectivity index (χ0) is 14.1. The van der Waals surface area contributed by atoms with Gasteiger partial charge >= 0.3 is 18.3 Å². The molecule has 11 heteroatoms. The number of hydrogen-bond donors (Lipinski definition) is 0. The fraction of sp³-hybridized carbons (Fsp3) is 0.833. The number of carbonyl (C=O) groups excluding carboxylic acids is 1. The SMILES string of the molecule is O=C([O-])OC(CC(F)(F)C(F)(F)F)C(F)(F)F. The van der Waals surface area contributed by atoms with Crippen molar-refractivity contribution in [1.29, 1.82) is 0 Å². The van der Waals surface area contributed by atoms with Gasteiger partial charge in [0.05, 0.1) is 6.42 Å². The van der Waals surface area contributed by atoms with Gasteiger partial charge in [-0.1, -0.05) is 0 Å². The Kier molecular flexibility index (Phi) is 4.18. The van der Waals surface area contributed by atoms with E-state index >= 15 is 0 Å². The Morgan fingerprint density at radius 3 is 1.71 bits per heavy atom. The normalized spacial score (nSPS) is 15.5. The van der Waals surface area contributed by atoms with Gasteiger partial charge in [-0.2, -0.15) is 35.1 Å². The van der Waals surface area contributed by atoms with Gasteiger partial charge in [-0.25, -0.2) is 0 Å². The second-order valence-electron chi connectivity index (χ2n) is 2.80. The van der Waals surface area contributed by atoms with Crippen LogP contribution >= 0.6 is 0 Å². The van der Waals surface area contributed by atoms with Crippen LogP contribution in [0.5, 0.6) is 0 Å². The summed E-state index contributed by atoms with van der Waals surface area (Å²) >= 11 is 0. The number of alkyl halides is 8. The lowest BCUT2D eigenvalue weighted by atomic mass is 10.1. The number of carboxylic acid groups (broad SMARTS) is 1. The summed E-state index contributed by atoms with van der Waals surface area (Å²) in [5.41, 5.74) is 0. The Hall–Kier alpha value is -1.29. The van der Waals surface area contributed by atoms with Crippen molar-refractivity contribution in [2.24, 2.45) is 0 Å². The first kappa shape index (κ1) is 15.7. The second-order valence-corrected chi connectivity index (χ2v) is 2.80. The van der Waals surface area contributed by atoms with E-state index in [1.807, 2.05) is 0 Å². The average Bonchev–Trinajstić information content (AvgIpc) is 1.97. The minimum Gasteiger partial charge on any atom is -0.537 e.